The van der Waals surface area contributed by atoms with Crippen molar-refractivity contribution in [1.82, 2.24) is 5.43 Å². The predicted molar refractivity (Wildman–Crippen MR) is 87.5 cm³/mol. The standard InChI is InChI=1S/C18H28N2/c1-7-8-9-16(20-19)12-17-13(2)10-15(11-14(17)3)18(4,5)6/h10-11,16,20H,9,12,19H2,1-6H3. The highest BCUT2D eigenvalue weighted by Gasteiger charge is 2.17. The molecular weight excluding hydrogens is 244 g/mol. The van der Waals surface area contributed by atoms with Gasteiger partial charge in [-0.3, -0.25) is 11.3 Å². The summed E-state index contributed by atoms with van der Waals surface area (Å²) in [7, 11) is 0. The molecule has 1 rings (SSSR count). The normalized spacial score (nSPS) is 12.8. The van der Waals surface area contributed by atoms with Crippen molar-refractivity contribution in [2.75, 3.05) is 0 Å². The summed E-state index contributed by atoms with van der Waals surface area (Å²) >= 11 is 0. The maximum absolute atomic E-state index is 5.64. The maximum Gasteiger partial charge on any atom is 0.0360 e. The number of hydrogen-bond acceptors (Lipinski definition) is 2. The first kappa shape index (κ1) is 16.8. The lowest BCUT2D eigenvalue weighted by Gasteiger charge is -2.23. The fraction of sp³-hybridized carbons (Fsp3) is 0.556. The molecule has 1 unspecified atom stereocenters. The fourth-order valence-corrected chi connectivity index (χ4v) is 2.41. The first-order valence-electron chi connectivity index (χ1n) is 7.26. The van der Waals surface area contributed by atoms with Crippen LogP contribution in [0.5, 0.6) is 0 Å². The third kappa shape index (κ3) is 4.37. The molecule has 1 atom stereocenters. The Morgan fingerprint density at radius 2 is 1.75 bits per heavy atom. The zero-order valence-electron chi connectivity index (χ0n) is 13.7. The molecule has 0 saturated carbocycles. The van der Waals surface area contributed by atoms with Crippen LogP contribution in [0.3, 0.4) is 0 Å². The van der Waals surface area contributed by atoms with E-state index in [1.807, 2.05) is 6.92 Å². The van der Waals surface area contributed by atoms with Crippen molar-refractivity contribution in [3.8, 4) is 11.8 Å². The number of hydrogen-bond donors (Lipinski definition) is 2. The minimum Gasteiger partial charge on any atom is -0.271 e. The zero-order valence-corrected chi connectivity index (χ0v) is 13.7. The predicted octanol–water partition coefficient (Wildman–Crippen LogP) is 3.39. The average molecular weight is 272 g/mol. The van der Waals surface area contributed by atoms with Gasteiger partial charge in [0.15, 0.2) is 0 Å². The van der Waals surface area contributed by atoms with Crippen LogP contribution in [0.2, 0.25) is 0 Å². The van der Waals surface area contributed by atoms with Gasteiger partial charge in [-0.15, -0.1) is 11.8 Å². The Kier molecular flexibility index (Phi) is 5.80. The summed E-state index contributed by atoms with van der Waals surface area (Å²) in [5, 5.41) is 0. The summed E-state index contributed by atoms with van der Waals surface area (Å²) in [6.07, 6.45) is 1.71. The molecule has 20 heavy (non-hydrogen) atoms. The molecule has 2 nitrogen and oxygen atoms in total. The minimum absolute atomic E-state index is 0.188. The quantitative estimate of drug-likeness (QED) is 0.501. The largest absolute Gasteiger partial charge is 0.271 e. The molecule has 0 radical (unpaired) electrons. The van der Waals surface area contributed by atoms with Crippen LogP contribution in [0.4, 0.5) is 0 Å². The van der Waals surface area contributed by atoms with Gasteiger partial charge in [0.1, 0.15) is 0 Å². The maximum atomic E-state index is 5.64. The lowest BCUT2D eigenvalue weighted by Crippen LogP contribution is -2.36. The molecule has 110 valence electrons. The summed E-state index contributed by atoms with van der Waals surface area (Å²) in [4.78, 5) is 0. The van der Waals surface area contributed by atoms with Gasteiger partial charge in [-0.2, -0.15) is 0 Å². The van der Waals surface area contributed by atoms with E-state index in [-0.39, 0.29) is 11.5 Å². The van der Waals surface area contributed by atoms with Crippen molar-refractivity contribution < 1.29 is 0 Å². The Morgan fingerprint density at radius 1 is 1.20 bits per heavy atom. The molecule has 0 fully saturated rings. The van der Waals surface area contributed by atoms with Crippen LogP contribution in [0.1, 0.15) is 56.4 Å². The molecule has 0 amide bonds. The van der Waals surface area contributed by atoms with Gasteiger partial charge < -0.3 is 0 Å². The van der Waals surface area contributed by atoms with Gasteiger partial charge in [0, 0.05) is 12.5 Å². The van der Waals surface area contributed by atoms with Crippen molar-refractivity contribution in [1.29, 1.82) is 0 Å². The van der Waals surface area contributed by atoms with Crippen molar-refractivity contribution in [3.05, 3.63) is 34.4 Å². The fourth-order valence-electron chi connectivity index (χ4n) is 2.41. The van der Waals surface area contributed by atoms with E-state index in [1.54, 1.807) is 0 Å². The average Bonchev–Trinajstić information content (AvgIpc) is 2.36. The van der Waals surface area contributed by atoms with E-state index in [1.165, 1.54) is 22.3 Å². The molecule has 0 saturated heterocycles. The van der Waals surface area contributed by atoms with Crippen LogP contribution in [0.15, 0.2) is 12.1 Å². The molecule has 0 aromatic heterocycles. The second-order valence-electron chi connectivity index (χ2n) is 6.54. The SMILES string of the molecule is CC#CCC(Cc1c(C)cc(C(C)(C)C)cc1C)NN. The van der Waals surface area contributed by atoms with Crippen LogP contribution in [-0.2, 0) is 11.8 Å². The molecule has 1 aromatic carbocycles. The van der Waals surface area contributed by atoms with E-state index in [2.05, 4.69) is 64.0 Å². The molecule has 0 aliphatic rings. The van der Waals surface area contributed by atoms with Crippen LogP contribution in [0.25, 0.3) is 0 Å². The molecular formula is C18H28N2. The lowest BCUT2D eigenvalue weighted by atomic mass is 9.83. The molecule has 0 aliphatic heterocycles. The number of rotatable bonds is 4. The van der Waals surface area contributed by atoms with Crippen LogP contribution in [0, 0.1) is 25.7 Å². The summed E-state index contributed by atoms with van der Waals surface area (Å²) in [6.45, 7) is 13.0. The van der Waals surface area contributed by atoms with E-state index in [0.717, 1.165) is 12.8 Å². The number of nitrogens with one attached hydrogen (secondary N) is 1. The van der Waals surface area contributed by atoms with Crippen molar-refractivity contribution in [2.24, 2.45) is 5.84 Å². The Hall–Kier alpha value is -1.30. The van der Waals surface area contributed by atoms with Crippen LogP contribution >= 0.6 is 0 Å². The molecule has 0 heterocycles. The first-order valence-corrected chi connectivity index (χ1v) is 7.26. The van der Waals surface area contributed by atoms with E-state index in [9.17, 15) is 0 Å². The Balaban J connectivity index is 3.04. The molecule has 1 aromatic rings. The van der Waals surface area contributed by atoms with E-state index >= 15 is 0 Å². The van der Waals surface area contributed by atoms with Crippen molar-refractivity contribution >= 4 is 0 Å². The van der Waals surface area contributed by atoms with Crippen LogP contribution < -0.4 is 11.3 Å². The summed E-state index contributed by atoms with van der Waals surface area (Å²) in [5.41, 5.74) is 8.54. The van der Waals surface area contributed by atoms with Crippen molar-refractivity contribution in [3.63, 3.8) is 0 Å². The van der Waals surface area contributed by atoms with Gasteiger partial charge in [-0.25, -0.2) is 0 Å². The topological polar surface area (TPSA) is 38.0 Å². The molecule has 0 aliphatic carbocycles. The van der Waals surface area contributed by atoms with Crippen molar-refractivity contribution in [2.45, 2.75) is 65.8 Å². The van der Waals surface area contributed by atoms with Crippen LogP contribution in [-0.4, -0.2) is 6.04 Å². The Labute approximate surface area is 124 Å². The highest BCUT2D eigenvalue weighted by Crippen LogP contribution is 2.27. The first-order chi connectivity index (χ1) is 9.29. The number of nitrogens with two attached hydrogens (primary N) is 1. The molecule has 0 bridgehead atoms. The smallest absolute Gasteiger partial charge is 0.0360 e. The lowest BCUT2D eigenvalue weighted by molar-refractivity contribution is 0.533. The van der Waals surface area contributed by atoms with Gasteiger partial charge in [-0.1, -0.05) is 32.9 Å². The molecule has 2 heteroatoms. The Morgan fingerprint density at radius 3 is 2.15 bits per heavy atom. The minimum atomic E-state index is 0.188. The summed E-state index contributed by atoms with van der Waals surface area (Å²) in [5.74, 6) is 11.7. The monoisotopic (exact) mass is 272 g/mol. The van der Waals surface area contributed by atoms with Gasteiger partial charge in [-0.05, 0) is 54.9 Å². The zero-order chi connectivity index (χ0) is 15.3. The highest BCUT2D eigenvalue weighted by molar-refractivity contribution is 5.41. The summed E-state index contributed by atoms with van der Waals surface area (Å²) < 4.78 is 0. The second kappa shape index (κ2) is 6.92. The Bertz CT molecular complexity index is 489. The number of hydrazine groups is 1. The molecule has 3 N–H and O–H groups in total. The second-order valence-corrected chi connectivity index (χ2v) is 6.54. The molecule has 0 spiro atoms. The van der Waals surface area contributed by atoms with E-state index in [4.69, 9.17) is 5.84 Å². The van der Waals surface area contributed by atoms with E-state index < -0.39 is 0 Å². The third-order valence-electron chi connectivity index (χ3n) is 3.77. The van der Waals surface area contributed by atoms with Gasteiger partial charge >= 0.3 is 0 Å². The van der Waals surface area contributed by atoms with E-state index in [0.29, 0.717) is 0 Å². The highest BCUT2D eigenvalue weighted by atomic mass is 15.2. The number of aryl methyl sites for hydroxylation is 2. The van der Waals surface area contributed by atoms with Gasteiger partial charge in [0.25, 0.3) is 0 Å². The van der Waals surface area contributed by atoms with Gasteiger partial charge in [0.05, 0.1) is 0 Å². The number of benzene rings is 1. The third-order valence-corrected chi connectivity index (χ3v) is 3.77. The summed E-state index contributed by atoms with van der Waals surface area (Å²) in [6, 6.07) is 4.82. The van der Waals surface area contributed by atoms with Gasteiger partial charge in [0.2, 0.25) is 0 Å².